The standard InChI is InChI=1S/C19H26N4O5/c24-14(8-11-22-15(25)12-6-2-3-7-13(12)16(22)26)21-23-17(27)19(20-18(23)28)9-4-1-5-10-19/h12-13H,1-11H2,(H,20,28)(H,21,24)/t12-,13-/m0/s1. The van der Waals surface area contributed by atoms with Crippen molar-refractivity contribution >= 4 is 29.7 Å². The summed E-state index contributed by atoms with van der Waals surface area (Å²) in [6.45, 7) is -0.0225. The molecule has 0 aromatic rings. The van der Waals surface area contributed by atoms with Crippen molar-refractivity contribution in [2.75, 3.05) is 6.54 Å². The van der Waals surface area contributed by atoms with Gasteiger partial charge in [0.15, 0.2) is 0 Å². The molecule has 6 amide bonds. The highest BCUT2D eigenvalue weighted by Gasteiger charge is 2.52. The number of amides is 6. The Bertz CT molecular complexity index is 706. The van der Waals surface area contributed by atoms with Crippen molar-refractivity contribution in [2.45, 2.75) is 69.7 Å². The summed E-state index contributed by atoms with van der Waals surface area (Å²) in [4.78, 5) is 63.3. The molecule has 9 heteroatoms. The summed E-state index contributed by atoms with van der Waals surface area (Å²) in [5.74, 6) is -1.88. The molecule has 4 fully saturated rings. The minimum Gasteiger partial charge on any atom is -0.322 e. The van der Waals surface area contributed by atoms with Crippen LogP contribution in [0.3, 0.4) is 0 Å². The van der Waals surface area contributed by atoms with E-state index in [0.29, 0.717) is 12.8 Å². The van der Waals surface area contributed by atoms with Gasteiger partial charge >= 0.3 is 6.03 Å². The van der Waals surface area contributed by atoms with Crippen molar-refractivity contribution < 1.29 is 24.0 Å². The second-order valence-electron chi connectivity index (χ2n) is 8.32. The highest BCUT2D eigenvalue weighted by atomic mass is 16.2. The number of urea groups is 1. The van der Waals surface area contributed by atoms with Crippen LogP contribution in [-0.2, 0) is 19.2 Å². The summed E-state index contributed by atoms with van der Waals surface area (Å²) in [6, 6.07) is -0.625. The van der Waals surface area contributed by atoms with Gasteiger partial charge in [-0.05, 0) is 25.7 Å². The molecule has 4 rings (SSSR count). The van der Waals surface area contributed by atoms with E-state index in [2.05, 4.69) is 10.7 Å². The van der Waals surface area contributed by atoms with E-state index in [0.717, 1.165) is 50.0 Å². The quantitative estimate of drug-likeness (QED) is 0.545. The lowest BCUT2D eigenvalue weighted by Crippen LogP contribution is -2.51. The van der Waals surface area contributed by atoms with Gasteiger partial charge < -0.3 is 5.32 Å². The van der Waals surface area contributed by atoms with Gasteiger partial charge in [0, 0.05) is 13.0 Å². The average molecular weight is 390 g/mol. The summed E-state index contributed by atoms with van der Waals surface area (Å²) in [5.41, 5.74) is 1.45. The van der Waals surface area contributed by atoms with Crippen molar-refractivity contribution in [3.63, 3.8) is 0 Å². The van der Waals surface area contributed by atoms with E-state index in [1.165, 1.54) is 4.90 Å². The maximum atomic E-state index is 12.7. The Morgan fingerprint density at radius 3 is 2.18 bits per heavy atom. The number of imide groups is 2. The first-order valence-corrected chi connectivity index (χ1v) is 10.2. The van der Waals surface area contributed by atoms with Crippen LogP contribution in [0.4, 0.5) is 4.79 Å². The number of hydrogen-bond acceptors (Lipinski definition) is 5. The molecular weight excluding hydrogens is 364 g/mol. The Balaban J connectivity index is 1.33. The van der Waals surface area contributed by atoms with Crippen LogP contribution in [0.15, 0.2) is 0 Å². The third-order valence-corrected chi connectivity index (χ3v) is 6.60. The molecule has 2 aliphatic carbocycles. The van der Waals surface area contributed by atoms with Gasteiger partial charge in [0.1, 0.15) is 5.54 Å². The number of hydrazine groups is 1. The number of nitrogens with one attached hydrogen (secondary N) is 2. The molecule has 0 aromatic carbocycles. The van der Waals surface area contributed by atoms with Crippen LogP contribution in [0.2, 0.25) is 0 Å². The van der Waals surface area contributed by atoms with Crippen LogP contribution in [-0.4, -0.2) is 51.7 Å². The van der Waals surface area contributed by atoms with Crippen molar-refractivity contribution in [2.24, 2.45) is 11.8 Å². The number of fused-ring (bicyclic) bond motifs is 1. The van der Waals surface area contributed by atoms with Crippen molar-refractivity contribution in [3.8, 4) is 0 Å². The molecule has 2 N–H and O–H groups in total. The van der Waals surface area contributed by atoms with Crippen molar-refractivity contribution in [1.29, 1.82) is 0 Å². The first-order chi connectivity index (χ1) is 13.4. The lowest BCUT2D eigenvalue weighted by Gasteiger charge is -2.30. The molecule has 0 aromatic heterocycles. The maximum Gasteiger partial charge on any atom is 0.344 e. The second-order valence-corrected chi connectivity index (χ2v) is 8.32. The van der Waals surface area contributed by atoms with E-state index < -0.39 is 23.4 Å². The third kappa shape index (κ3) is 3.06. The molecule has 2 atom stereocenters. The monoisotopic (exact) mass is 390 g/mol. The Labute approximate surface area is 163 Å². The van der Waals surface area contributed by atoms with Gasteiger partial charge in [0.05, 0.1) is 11.8 Å². The first kappa shape index (κ1) is 18.9. The van der Waals surface area contributed by atoms with Gasteiger partial charge in [-0.15, -0.1) is 0 Å². The number of likely N-dealkylation sites (tertiary alicyclic amines) is 1. The van der Waals surface area contributed by atoms with Gasteiger partial charge in [-0.3, -0.25) is 29.5 Å². The van der Waals surface area contributed by atoms with E-state index in [1.54, 1.807) is 0 Å². The van der Waals surface area contributed by atoms with E-state index in [-0.39, 0.29) is 36.6 Å². The Kier molecular flexibility index (Phi) is 4.84. The molecule has 152 valence electrons. The molecule has 2 heterocycles. The molecule has 0 bridgehead atoms. The predicted molar refractivity (Wildman–Crippen MR) is 96.1 cm³/mol. The Morgan fingerprint density at radius 1 is 0.964 bits per heavy atom. The van der Waals surface area contributed by atoms with Crippen LogP contribution < -0.4 is 10.7 Å². The van der Waals surface area contributed by atoms with Crippen LogP contribution in [0.1, 0.15) is 64.2 Å². The van der Waals surface area contributed by atoms with Crippen LogP contribution in [0.25, 0.3) is 0 Å². The summed E-state index contributed by atoms with van der Waals surface area (Å²) >= 11 is 0. The molecule has 2 aliphatic heterocycles. The molecule has 2 saturated heterocycles. The van der Waals surface area contributed by atoms with Gasteiger partial charge in [-0.2, -0.15) is 5.01 Å². The molecule has 4 aliphatic rings. The van der Waals surface area contributed by atoms with Crippen molar-refractivity contribution in [1.82, 2.24) is 20.7 Å². The Hall–Kier alpha value is -2.45. The largest absolute Gasteiger partial charge is 0.344 e. The predicted octanol–water partition coefficient (Wildman–Crippen LogP) is 0.838. The topological polar surface area (TPSA) is 116 Å². The normalized spacial score (nSPS) is 29.3. The highest BCUT2D eigenvalue weighted by Crippen LogP contribution is 2.38. The summed E-state index contributed by atoms with van der Waals surface area (Å²) < 4.78 is 0. The van der Waals surface area contributed by atoms with E-state index in [1.807, 2.05) is 0 Å². The van der Waals surface area contributed by atoms with Crippen LogP contribution in [0, 0.1) is 11.8 Å². The summed E-state index contributed by atoms with van der Waals surface area (Å²) in [6.07, 6.45) is 7.09. The second kappa shape index (κ2) is 7.18. The lowest BCUT2D eigenvalue weighted by atomic mass is 9.81. The molecule has 0 unspecified atom stereocenters. The zero-order chi connectivity index (χ0) is 19.9. The number of rotatable bonds is 4. The Morgan fingerprint density at radius 2 is 1.57 bits per heavy atom. The molecule has 28 heavy (non-hydrogen) atoms. The maximum absolute atomic E-state index is 12.7. The smallest absolute Gasteiger partial charge is 0.322 e. The lowest BCUT2D eigenvalue weighted by molar-refractivity contribution is -0.142. The molecular formula is C19H26N4O5. The summed E-state index contributed by atoms with van der Waals surface area (Å²) in [5, 5.41) is 3.47. The molecule has 2 saturated carbocycles. The summed E-state index contributed by atoms with van der Waals surface area (Å²) in [7, 11) is 0. The number of nitrogens with zero attached hydrogens (tertiary/aromatic N) is 2. The third-order valence-electron chi connectivity index (χ3n) is 6.60. The SMILES string of the molecule is O=C(CCN1C(=O)[C@H]2CCCC[C@@H]2C1=O)NN1C(=O)NC2(CCCCC2)C1=O. The van der Waals surface area contributed by atoms with Crippen molar-refractivity contribution in [3.05, 3.63) is 0 Å². The number of hydrogen-bond donors (Lipinski definition) is 2. The highest BCUT2D eigenvalue weighted by molar-refractivity contribution is 6.08. The number of carbonyl (C=O) groups is 5. The fourth-order valence-corrected chi connectivity index (χ4v) is 5.06. The minimum absolute atomic E-state index is 0.0225. The molecule has 9 nitrogen and oxygen atoms in total. The van der Waals surface area contributed by atoms with E-state index in [9.17, 15) is 24.0 Å². The minimum atomic E-state index is -0.904. The molecule has 1 spiro atoms. The zero-order valence-electron chi connectivity index (χ0n) is 15.9. The van der Waals surface area contributed by atoms with Crippen LogP contribution >= 0.6 is 0 Å². The van der Waals surface area contributed by atoms with Gasteiger partial charge in [-0.25, -0.2) is 4.79 Å². The first-order valence-electron chi connectivity index (χ1n) is 10.2. The zero-order valence-corrected chi connectivity index (χ0v) is 15.9. The number of carbonyl (C=O) groups excluding carboxylic acids is 5. The van der Waals surface area contributed by atoms with E-state index in [4.69, 9.17) is 0 Å². The van der Waals surface area contributed by atoms with Gasteiger partial charge in [-0.1, -0.05) is 32.1 Å². The van der Waals surface area contributed by atoms with Gasteiger partial charge in [0.2, 0.25) is 17.7 Å². The molecule has 0 radical (unpaired) electrons. The van der Waals surface area contributed by atoms with Crippen LogP contribution in [0.5, 0.6) is 0 Å². The van der Waals surface area contributed by atoms with E-state index >= 15 is 0 Å². The fourth-order valence-electron chi connectivity index (χ4n) is 5.06. The van der Waals surface area contributed by atoms with Gasteiger partial charge in [0.25, 0.3) is 5.91 Å². The fraction of sp³-hybridized carbons (Fsp3) is 0.737. The average Bonchev–Trinajstić information content (AvgIpc) is 3.07.